The number of fused-ring (bicyclic) bond motifs is 1. The molecule has 4 heterocycles. The van der Waals surface area contributed by atoms with Crippen LogP contribution in [0, 0.1) is 11.8 Å². The van der Waals surface area contributed by atoms with E-state index in [4.69, 9.17) is 4.74 Å². The van der Waals surface area contributed by atoms with Gasteiger partial charge in [0.25, 0.3) is 0 Å². The van der Waals surface area contributed by atoms with E-state index >= 15 is 0 Å². The number of pyridine rings is 1. The van der Waals surface area contributed by atoms with E-state index in [9.17, 15) is 0 Å². The van der Waals surface area contributed by atoms with Crippen molar-refractivity contribution in [1.82, 2.24) is 34.8 Å². The van der Waals surface area contributed by atoms with Gasteiger partial charge in [-0.05, 0) is 36.8 Å². The van der Waals surface area contributed by atoms with Gasteiger partial charge < -0.3 is 4.74 Å². The lowest BCUT2D eigenvalue weighted by molar-refractivity contribution is -0.00545. The smallest absolute Gasteiger partial charge is 0.115 e. The molecule has 2 aliphatic rings. The minimum Gasteiger partial charge on any atom is -0.379 e. The molecular formula is C21H25N7O. The lowest BCUT2D eigenvalue weighted by atomic mass is 9.77. The number of rotatable bonds is 5. The highest BCUT2D eigenvalue weighted by molar-refractivity contribution is 5.56. The van der Waals surface area contributed by atoms with Crippen molar-refractivity contribution in [3.05, 3.63) is 55.0 Å². The van der Waals surface area contributed by atoms with E-state index in [2.05, 4.69) is 30.2 Å². The number of nitrogens with zero attached hydrogens (tertiary/aromatic N) is 7. The lowest BCUT2D eigenvalue weighted by Gasteiger charge is -2.37. The molecule has 1 aliphatic heterocycles. The lowest BCUT2D eigenvalue weighted by Crippen LogP contribution is -2.37. The van der Waals surface area contributed by atoms with Crippen molar-refractivity contribution in [1.29, 1.82) is 0 Å². The fourth-order valence-corrected chi connectivity index (χ4v) is 4.91. The molecule has 5 rings (SSSR count). The molecule has 0 radical (unpaired) electrons. The number of likely N-dealkylation sites (tertiary alicyclic amines) is 1. The van der Waals surface area contributed by atoms with Crippen molar-refractivity contribution in [3.63, 3.8) is 0 Å². The zero-order valence-corrected chi connectivity index (χ0v) is 16.5. The molecule has 3 aromatic rings. The molecule has 0 aromatic carbocycles. The molecular weight excluding hydrogens is 366 g/mol. The summed E-state index contributed by atoms with van der Waals surface area (Å²) in [6.45, 7) is 3.11. The Morgan fingerprint density at radius 1 is 1.03 bits per heavy atom. The highest BCUT2D eigenvalue weighted by Gasteiger charge is 2.43. The van der Waals surface area contributed by atoms with Crippen molar-refractivity contribution in [2.24, 2.45) is 11.8 Å². The molecule has 150 valence electrons. The zero-order valence-electron chi connectivity index (χ0n) is 16.5. The standard InChI is InChI=1S/C21H25N7O/c1-29-21-7-18-12-27(10-15-8-23-14-24-9-15)11-17(18)6-20(21)28-13-19(25-26-28)16-2-4-22-5-3-16/h2-5,8-9,13-14,17-18,20-21H,6-7,10-12H2,1H3/t17-,18+,20-,21-/m1/s1. The van der Waals surface area contributed by atoms with E-state index in [0.29, 0.717) is 11.8 Å². The molecule has 2 fully saturated rings. The van der Waals surface area contributed by atoms with Crippen LogP contribution in [0.5, 0.6) is 0 Å². The molecule has 3 aromatic heterocycles. The number of methoxy groups -OCH3 is 1. The molecule has 0 unspecified atom stereocenters. The molecule has 0 N–H and O–H groups in total. The monoisotopic (exact) mass is 391 g/mol. The number of ether oxygens (including phenoxy) is 1. The Morgan fingerprint density at radius 3 is 2.55 bits per heavy atom. The van der Waals surface area contributed by atoms with Crippen molar-refractivity contribution in [2.75, 3.05) is 20.2 Å². The molecule has 0 spiro atoms. The highest BCUT2D eigenvalue weighted by atomic mass is 16.5. The molecule has 1 aliphatic carbocycles. The van der Waals surface area contributed by atoms with E-state index in [-0.39, 0.29) is 12.1 Å². The maximum Gasteiger partial charge on any atom is 0.115 e. The van der Waals surface area contributed by atoms with Crippen LogP contribution in [0.4, 0.5) is 0 Å². The first-order valence-corrected chi connectivity index (χ1v) is 10.1. The van der Waals surface area contributed by atoms with E-state index in [1.807, 2.05) is 42.5 Å². The van der Waals surface area contributed by atoms with Crippen molar-refractivity contribution >= 4 is 0 Å². The topological polar surface area (TPSA) is 81.9 Å². The molecule has 4 atom stereocenters. The summed E-state index contributed by atoms with van der Waals surface area (Å²) in [4.78, 5) is 14.9. The molecule has 8 heteroatoms. The zero-order chi connectivity index (χ0) is 19.6. The van der Waals surface area contributed by atoms with Gasteiger partial charge in [-0.1, -0.05) is 5.21 Å². The number of hydrogen-bond acceptors (Lipinski definition) is 7. The van der Waals surface area contributed by atoms with Gasteiger partial charge in [0.15, 0.2) is 0 Å². The first kappa shape index (κ1) is 18.3. The third-order valence-corrected chi connectivity index (χ3v) is 6.31. The summed E-state index contributed by atoms with van der Waals surface area (Å²) >= 11 is 0. The summed E-state index contributed by atoms with van der Waals surface area (Å²) in [7, 11) is 1.81. The van der Waals surface area contributed by atoms with Gasteiger partial charge in [0, 0.05) is 62.7 Å². The van der Waals surface area contributed by atoms with E-state index in [1.54, 1.807) is 18.7 Å². The van der Waals surface area contributed by atoms with Gasteiger partial charge in [-0.3, -0.25) is 9.88 Å². The predicted octanol–water partition coefficient (Wildman–Crippen LogP) is 2.23. The Morgan fingerprint density at radius 2 is 1.79 bits per heavy atom. The molecule has 1 saturated heterocycles. The van der Waals surface area contributed by atoms with Crippen LogP contribution in [0.3, 0.4) is 0 Å². The van der Waals surface area contributed by atoms with Gasteiger partial charge in [-0.2, -0.15) is 0 Å². The van der Waals surface area contributed by atoms with Crippen LogP contribution >= 0.6 is 0 Å². The van der Waals surface area contributed by atoms with Crippen molar-refractivity contribution in [3.8, 4) is 11.3 Å². The fourth-order valence-electron chi connectivity index (χ4n) is 4.91. The second-order valence-electron chi connectivity index (χ2n) is 8.09. The Bertz CT molecular complexity index is 932. The molecule has 0 bridgehead atoms. The fraction of sp³-hybridized carbons (Fsp3) is 0.476. The minimum atomic E-state index is 0.156. The summed E-state index contributed by atoms with van der Waals surface area (Å²) in [6, 6.07) is 4.13. The Labute approximate surface area is 170 Å². The van der Waals surface area contributed by atoms with Gasteiger partial charge in [-0.15, -0.1) is 5.10 Å². The quantitative estimate of drug-likeness (QED) is 0.660. The van der Waals surface area contributed by atoms with Crippen LogP contribution in [0.15, 0.2) is 49.4 Å². The maximum atomic E-state index is 5.90. The summed E-state index contributed by atoms with van der Waals surface area (Å²) < 4.78 is 7.91. The van der Waals surface area contributed by atoms with E-state index in [0.717, 1.165) is 43.7 Å². The van der Waals surface area contributed by atoms with E-state index < -0.39 is 0 Å². The minimum absolute atomic E-state index is 0.156. The highest BCUT2D eigenvalue weighted by Crippen LogP contribution is 2.42. The molecule has 8 nitrogen and oxygen atoms in total. The normalized spacial score (nSPS) is 27.1. The second-order valence-corrected chi connectivity index (χ2v) is 8.09. The van der Waals surface area contributed by atoms with Gasteiger partial charge >= 0.3 is 0 Å². The summed E-state index contributed by atoms with van der Waals surface area (Å²) in [5.41, 5.74) is 3.08. The Hall–Kier alpha value is -2.71. The van der Waals surface area contributed by atoms with E-state index in [1.165, 1.54) is 5.56 Å². The van der Waals surface area contributed by atoms with Crippen LogP contribution in [0.1, 0.15) is 24.4 Å². The van der Waals surface area contributed by atoms with Crippen molar-refractivity contribution in [2.45, 2.75) is 31.5 Å². The SMILES string of the molecule is CO[C@@H]1C[C@H]2CN(Cc3cncnc3)C[C@H]2C[C@H]1n1cc(-c2ccncc2)nn1. The third kappa shape index (κ3) is 3.77. The number of aromatic nitrogens is 6. The maximum absolute atomic E-state index is 5.90. The molecule has 29 heavy (non-hydrogen) atoms. The first-order valence-electron chi connectivity index (χ1n) is 10.1. The van der Waals surface area contributed by atoms with Crippen molar-refractivity contribution < 1.29 is 4.74 Å². The van der Waals surface area contributed by atoms with Gasteiger partial charge in [0.2, 0.25) is 0 Å². The van der Waals surface area contributed by atoms with Crippen LogP contribution in [-0.2, 0) is 11.3 Å². The molecule has 1 saturated carbocycles. The summed E-state index contributed by atoms with van der Waals surface area (Å²) in [5, 5.41) is 8.84. The van der Waals surface area contributed by atoms with Crippen LogP contribution in [-0.4, -0.2) is 61.1 Å². The Balaban J connectivity index is 1.31. The first-order chi connectivity index (χ1) is 14.3. The van der Waals surface area contributed by atoms with Crippen LogP contribution in [0.25, 0.3) is 11.3 Å². The third-order valence-electron chi connectivity index (χ3n) is 6.31. The summed E-state index contributed by atoms with van der Waals surface area (Å²) in [6.07, 6.45) is 13.3. The number of hydrogen-bond donors (Lipinski definition) is 0. The van der Waals surface area contributed by atoms with Crippen LogP contribution in [0.2, 0.25) is 0 Å². The van der Waals surface area contributed by atoms with Gasteiger partial charge in [0.1, 0.15) is 12.0 Å². The average Bonchev–Trinajstić information content (AvgIpc) is 3.40. The summed E-state index contributed by atoms with van der Waals surface area (Å²) in [5.74, 6) is 1.30. The van der Waals surface area contributed by atoms with Crippen LogP contribution < -0.4 is 0 Å². The molecule has 0 amide bonds. The largest absolute Gasteiger partial charge is 0.379 e. The predicted molar refractivity (Wildman–Crippen MR) is 107 cm³/mol. The van der Waals surface area contributed by atoms with Gasteiger partial charge in [-0.25, -0.2) is 14.6 Å². The Kier molecular flexibility index (Phi) is 5.03. The van der Waals surface area contributed by atoms with Gasteiger partial charge in [0.05, 0.1) is 18.3 Å². The second kappa shape index (κ2) is 7.96. The average molecular weight is 391 g/mol.